The Labute approximate surface area is 182 Å². The van der Waals surface area contributed by atoms with Gasteiger partial charge in [0.2, 0.25) is 21.8 Å². The molecule has 2 aromatic rings. The molecule has 10 heteroatoms. The van der Waals surface area contributed by atoms with Crippen molar-refractivity contribution in [3.63, 3.8) is 0 Å². The Morgan fingerprint density at radius 3 is 2.65 bits per heavy atom. The third kappa shape index (κ3) is 3.74. The molecule has 9 nitrogen and oxygen atoms in total. The van der Waals surface area contributed by atoms with Crippen molar-refractivity contribution in [2.45, 2.75) is 37.1 Å². The van der Waals surface area contributed by atoms with E-state index in [9.17, 15) is 18.0 Å². The second kappa shape index (κ2) is 7.76. The van der Waals surface area contributed by atoms with Crippen molar-refractivity contribution < 1.29 is 18.0 Å². The quantitative estimate of drug-likeness (QED) is 0.705. The van der Waals surface area contributed by atoms with Crippen LogP contribution in [0.3, 0.4) is 0 Å². The first-order valence-electron chi connectivity index (χ1n) is 10.2. The zero-order chi connectivity index (χ0) is 22.5. The fraction of sp³-hybridized carbons (Fsp3) is 0.476. The number of hydrogen-bond donors (Lipinski definition) is 0. The van der Waals surface area contributed by atoms with E-state index in [2.05, 4.69) is 5.10 Å². The second-order valence-electron chi connectivity index (χ2n) is 8.39. The van der Waals surface area contributed by atoms with Crippen molar-refractivity contribution in [2.75, 3.05) is 32.1 Å². The van der Waals surface area contributed by atoms with E-state index in [0.29, 0.717) is 29.9 Å². The number of carbonyl (C=O) groups is 2. The number of benzene rings is 1. The van der Waals surface area contributed by atoms with Crippen molar-refractivity contribution in [2.24, 2.45) is 7.05 Å². The SMILES string of the molecule is Cc1ccc(N2CCCC2=O)cc1S(=O)(=O)N1Cc2cn(C)nc2[C@@H](C(=O)N(C)C)C1. The molecule has 31 heavy (non-hydrogen) atoms. The van der Waals surface area contributed by atoms with Crippen LogP contribution < -0.4 is 4.90 Å². The van der Waals surface area contributed by atoms with Crippen LogP contribution in [-0.4, -0.2) is 66.4 Å². The van der Waals surface area contributed by atoms with Gasteiger partial charge in [0, 0.05) is 64.6 Å². The van der Waals surface area contributed by atoms with Crippen LogP contribution in [0.2, 0.25) is 0 Å². The minimum absolute atomic E-state index is 0.00168. The number of anilines is 1. The monoisotopic (exact) mass is 445 g/mol. The zero-order valence-corrected chi connectivity index (χ0v) is 19.0. The number of rotatable bonds is 4. The van der Waals surface area contributed by atoms with Gasteiger partial charge in [-0.15, -0.1) is 0 Å². The number of carbonyl (C=O) groups excluding carboxylic acids is 2. The summed E-state index contributed by atoms with van der Waals surface area (Å²) in [5, 5.41) is 4.42. The second-order valence-corrected chi connectivity index (χ2v) is 10.3. The predicted octanol–water partition coefficient (Wildman–Crippen LogP) is 1.23. The van der Waals surface area contributed by atoms with Gasteiger partial charge in [0.15, 0.2) is 0 Å². The average molecular weight is 446 g/mol. The third-order valence-electron chi connectivity index (χ3n) is 5.91. The molecule has 0 aliphatic carbocycles. The lowest BCUT2D eigenvalue weighted by Gasteiger charge is -2.32. The lowest BCUT2D eigenvalue weighted by molar-refractivity contribution is -0.130. The Kier molecular flexibility index (Phi) is 5.38. The van der Waals surface area contributed by atoms with Crippen LogP contribution in [-0.2, 0) is 33.2 Å². The van der Waals surface area contributed by atoms with Gasteiger partial charge in [-0.25, -0.2) is 8.42 Å². The standard InChI is InChI=1S/C21H27N5O4S/c1-14-7-8-16(26-9-5-6-19(26)27)10-18(14)31(29,30)25-12-15-11-24(4)22-20(15)17(13-25)21(28)23(2)3/h7-8,10-11,17H,5-6,9,12-13H2,1-4H3/t17-/m0/s1. The molecule has 1 aromatic heterocycles. The molecule has 1 saturated heterocycles. The van der Waals surface area contributed by atoms with E-state index in [1.807, 2.05) is 0 Å². The van der Waals surface area contributed by atoms with Gasteiger partial charge in [0.25, 0.3) is 0 Å². The minimum Gasteiger partial charge on any atom is -0.348 e. The van der Waals surface area contributed by atoms with Gasteiger partial charge in [-0.1, -0.05) is 6.07 Å². The number of nitrogens with zero attached hydrogens (tertiary/aromatic N) is 5. The number of hydrogen-bond acceptors (Lipinski definition) is 5. The van der Waals surface area contributed by atoms with Gasteiger partial charge < -0.3 is 9.80 Å². The van der Waals surface area contributed by atoms with Gasteiger partial charge in [-0.05, 0) is 31.0 Å². The van der Waals surface area contributed by atoms with E-state index in [1.165, 1.54) is 9.21 Å². The number of amides is 2. The van der Waals surface area contributed by atoms with E-state index in [0.717, 1.165) is 12.0 Å². The molecule has 1 aromatic carbocycles. The smallest absolute Gasteiger partial charge is 0.243 e. The number of aryl methyl sites for hydroxylation is 2. The molecule has 4 rings (SSSR count). The Morgan fingerprint density at radius 2 is 2.00 bits per heavy atom. The van der Waals surface area contributed by atoms with Crippen molar-refractivity contribution in [3.8, 4) is 0 Å². The van der Waals surface area contributed by atoms with Crippen LogP contribution in [0, 0.1) is 6.92 Å². The molecule has 166 valence electrons. The first kappa shape index (κ1) is 21.5. The first-order chi connectivity index (χ1) is 14.6. The summed E-state index contributed by atoms with van der Waals surface area (Å²) in [6, 6.07) is 5.09. The molecule has 0 unspecified atom stereocenters. The molecule has 0 spiro atoms. The highest BCUT2D eigenvalue weighted by Crippen LogP contribution is 2.34. The Bertz CT molecular complexity index is 1150. The summed E-state index contributed by atoms with van der Waals surface area (Å²) < 4.78 is 30.3. The molecule has 1 fully saturated rings. The van der Waals surface area contributed by atoms with Gasteiger partial charge in [-0.3, -0.25) is 14.3 Å². The maximum atomic E-state index is 13.7. The lowest BCUT2D eigenvalue weighted by Crippen LogP contribution is -2.43. The Balaban J connectivity index is 1.74. The molecule has 2 aliphatic rings. The molecule has 0 bridgehead atoms. The number of fused-ring (bicyclic) bond motifs is 1. The summed E-state index contributed by atoms with van der Waals surface area (Å²) in [6.07, 6.45) is 3.00. The van der Waals surface area contributed by atoms with E-state index in [4.69, 9.17) is 0 Å². The topological polar surface area (TPSA) is 95.8 Å². The van der Waals surface area contributed by atoms with E-state index >= 15 is 0 Å². The highest BCUT2D eigenvalue weighted by Gasteiger charge is 2.40. The van der Waals surface area contributed by atoms with E-state index < -0.39 is 15.9 Å². The average Bonchev–Trinajstić information content (AvgIpc) is 3.31. The summed E-state index contributed by atoms with van der Waals surface area (Å²) in [6.45, 7) is 2.50. The summed E-state index contributed by atoms with van der Waals surface area (Å²) in [7, 11) is 1.16. The molecular formula is C21H27N5O4S. The van der Waals surface area contributed by atoms with Crippen molar-refractivity contribution in [3.05, 3.63) is 41.2 Å². The molecule has 2 aliphatic heterocycles. The molecule has 0 radical (unpaired) electrons. The van der Waals surface area contributed by atoms with Crippen molar-refractivity contribution >= 4 is 27.5 Å². The van der Waals surface area contributed by atoms with Crippen molar-refractivity contribution in [1.29, 1.82) is 0 Å². The van der Waals surface area contributed by atoms with Crippen LogP contribution >= 0.6 is 0 Å². The van der Waals surface area contributed by atoms with Crippen molar-refractivity contribution in [1.82, 2.24) is 19.0 Å². The van der Waals surface area contributed by atoms with E-state index in [-0.39, 0.29) is 29.8 Å². The van der Waals surface area contributed by atoms with E-state index in [1.54, 1.807) is 62.0 Å². The van der Waals surface area contributed by atoms with Gasteiger partial charge in [0.05, 0.1) is 16.5 Å². The Morgan fingerprint density at radius 1 is 1.26 bits per heavy atom. The minimum atomic E-state index is -3.90. The number of likely N-dealkylation sites (N-methyl/N-ethyl adjacent to an activating group) is 1. The fourth-order valence-electron chi connectivity index (χ4n) is 4.30. The Hall–Kier alpha value is -2.72. The summed E-state index contributed by atoms with van der Waals surface area (Å²) in [5.41, 5.74) is 2.54. The molecule has 3 heterocycles. The van der Waals surface area contributed by atoms with Crippen LogP contribution in [0.25, 0.3) is 0 Å². The van der Waals surface area contributed by atoms with Gasteiger partial charge >= 0.3 is 0 Å². The van der Waals surface area contributed by atoms with Crippen LogP contribution in [0.15, 0.2) is 29.3 Å². The predicted molar refractivity (Wildman–Crippen MR) is 115 cm³/mol. The molecule has 2 amide bonds. The molecule has 0 N–H and O–H groups in total. The van der Waals surface area contributed by atoms with Crippen LogP contribution in [0.4, 0.5) is 5.69 Å². The highest BCUT2D eigenvalue weighted by molar-refractivity contribution is 7.89. The summed E-state index contributed by atoms with van der Waals surface area (Å²) in [5.74, 6) is -0.854. The fourth-order valence-corrected chi connectivity index (χ4v) is 5.98. The highest BCUT2D eigenvalue weighted by atomic mass is 32.2. The zero-order valence-electron chi connectivity index (χ0n) is 18.2. The molecule has 1 atom stereocenters. The van der Waals surface area contributed by atoms with Gasteiger partial charge in [-0.2, -0.15) is 9.40 Å². The van der Waals surface area contributed by atoms with Crippen LogP contribution in [0.5, 0.6) is 0 Å². The number of aromatic nitrogens is 2. The maximum Gasteiger partial charge on any atom is 0.243 e. The lowest BCUT2D eigenvalue weighted by atomic mass is 9.97. The summed E-state index contributed by atoms with van der Waals surface area (Å²) >= 11 is 0. The third-order valence-corrected chi connectivity index (χ3v) is 7.87. The normalized spacial score (nSPS) is 19.5. The molecular weight excluding hydrogens is 418 g/mol. The summed E-state index contributed by atoms with van der Waals surface area (Å²) in [4.78, 5) is 28.2. The maximum absolute atomic E-state index is 13.7. The first-order valence-corrected chi connectivity index (χ1v) is 11.7. The largest absolute Gasteiger partial charge is 0.348 e. The number of sulfonamides is 1. The van der Waals surface area contributed by atoms with Crippen LogP contribution in [0.1, 0.15) is 35.6 Å². The molecule has 0 saturated carbocycles. The van der Waals surface area contributed by atoms with Gasteiger partial charge in [0.1, 0.15) is 0 Å².